The van der Waals surface area contributed by atoms with Crippen molar-refractivity contribution < 1.29 is 0 Å². The van der Waals surface area contributed by atoms with E-state index < -0.39 is 0 Å². The minimum Gasteiger partial charge on any atom is -0.308 e. The first kappa shape index (κ1) is 9.66. The number of nitrogens with one attached hydrogen (secondary N) is 1. The van der Waals surface area contributed by atoms with Crippen LogP contribution < -0.4 is 5.32 Å². The lowest BCUT2D eigenvalue weighted by molar-refractivity contribution is 0.538. The van der Waals surface area contributed by atoms with Gasteiger partial charge in [0.1, 0.15) is 0 Å². The first-order valence-corrected chi connectivity index (χ1v) is 5.23. The van der Waals surface area contributed by atoms with Crippen LogP contribution in [0.2, 0.25) is 0 Å². The van der Waals surface area contributed by atoms with Crippen molar-refractivity contribution in [3.63, 3.8) is 0 Å². The summed E-state index contributed by atoms with van der Waals surface area (Å²) in [6.07, 6.45) is 3.15. The minimum atomic E-state index is 0.503. The normalized spacial score (nSPS) is 23.5. The highest BCUT2D eigenvalue weighted by atomic mass is 15.0. The van der Waals surface area contributed by atoms with Crippen molar-refractivity contribution in [1.82, 2.24) is 10.3 Å². The molecular weight excluding hydrogens is 172 g/mol. The maximum Gasteiger partial charge on any atom is 0.0570 e. The second-order valence-corrected chi connectivity index (χ2v) is 4.89. The molecule has 1 aliphatic carbocycles. The van der Waals surface area contributed by atoms with Gasteiger partial charge in [-0.05, 0) is 30.4 Å². The molecular formula is C12H18N2. The predicted molar refractivity (Wildman–Crippen MR) is 58.0 cm³/mol. The molecule has 76 valence electrons. The Morgan fingerprint density at radius 1 is 1.57 bits per heavy atom. The van der Waals surface area contributed by atoms with Crippen molar-refractivity contribution in [1.29, 1.82) is 0 Å². The lowest BCUT2D eigenvalue weighted by Gasteiger charge is -2.07. The summed E-state index contributed by atoms with van der Waals surface area (Å²) in [6.45, 7) is 7.62. The summed E-state index contributed by atoms with van der Waals surface area (Å²) in [5.41, 5.74) is 2.96. The molecule has 0 bridgehead atoms. The number of aryl methyl sites for hydroxylation is 1. The van der Waals surface area contributed by atoms with Gasteiger partial charge in [0.05, 0.1) is 5.69 Å². The van der Waals surface area contributed by atoms with E-state index in [1.54, 1.807) is 0 Å². The Hall–Kier alpha value is -0.890. The Kier molecular flexibility index (Phi) is 2.31. The maximum absolute atomic E-state index is 4.36. The number of hydrogen-bond donors (Lipinski definition) is 1. The van der Waals surface area contributed by atoms with Crippen molar-refractivity contribution >= 4 is 0 Å². The van der Waals surface area contributed by atoms with E-state index in [0.29, 0.717) is 11.5 Å². The van der Waals surface area contributed by atoms with Crippen molar-refractivity contribution in [3.8, 4) is 0 Å². The van der Waals surface area contributed by atoms with Crippen LogP contribution in [-0.2, 0) is 6.54 Å². The lowest BCUT2D eigenvalue weighted by atomic mass is 10.2. The van der Waals surface area contributed by atoms with Gasteiger partial charge >= 0.3 is 0 Å². The minimum absolute atomic E-state index is 0.503. The van der Waals surface area contributed by atoms with Crippen molar-refractivity contribution in [2.75, 3.05) is 0 Å². The van der Waals surface area contributed by atoms with E-state index in [0.717, 1.165) is 6.54 Å². The molecule has 0 spiro atoms. The first-order chi connectivity index (χ1) is 6.59. The molecule has 14 heavy (non-hydrogen) atoms. The molecule has 1 fully saturated rings. The SMILES string of the molecule is Cc1cccnc1CNC1CC1(C)C. The molecule has 0 aliphatic heterocycles. The predicted octanol–water partition coefficient (Wildman–Crippen LogP) is 2.28. The molecule has 2 heteroatoms. The molecule has 2 rings (SSSR count). The van der Waals surface area contributed by atoms with Crippen LogP contribution in [0.1, 0.15) is 31.5 Å². The van der Waals surface area contributed by atoms with Gasteiger partial charge in [0.25, 0.3) is 0 Å². The fourth-order valence-corrected chi connectivity index (χ4v) is 1.74. The standard InChI is InChI=1S/C12H18N2/c1-9-5-4-6-13-10(9)8-14-11-7-12(11,2)3/h4-6,11,14H,7-8H2,1-3H3. The summed E-state index contributed by atoms with van der Waals surface area (Å²) in [6, 6.07) is 4.78. The summed E-state index contributed by atoms with van der Waals surface area (Å²) < 4.78 is 0. The van der Waals surface area contributed by atoms with Crippen LogP contribution in [0.25, 0.3) is 0 Å². The summed E-state index contributed by atoms with van der Waals surface area (Å²) in [5.74, 6) is 0. The number of pyridine rings is 1. The van der Waals surface area contributed by atoms with E-state index in [1.165, 1.54) is 17.7 Å². The highest BCUT2D eigenvalue weighted by Crippen LogP contribution is 2.44. The third-order valence-electron chi connectivity index (χ3n) is 3.15. The molecule has 0 amide bonds. The van der Waals surface area contributed by atoms with Gasteiger partial charge in [0.15, 0.2) is 0 Å². The van der Waals surface area contributed by atoms with Crippen LogP contribution >= 0.6 is 0 Å². The Labute approximate surface area is 85.7 Å². The molecule has 0 aromatic carbocycles. The fraction of sp³-hybridized carbons (Fsp3) is 0.583. The molecule has 1 heterocycles. The molecule has 1 atom stereocenters. The van der Waals surface area contributed by atoms with Crippen LogP contribution in [0.5, 0.6) is 0 Å². The maximum atomic E-state index is 4.36. The van der Waals surface area contributed by atoms with E-state index in [-0.39, 0.29) is 0 Å². The van der Waals surface area contributed by atoms with Crippen LogP contribution in [-0.4, -0.2) is 11.0 Å². The monoisotopic (exact) mass is 190 g/mol. The Morgan fingerprint density at radius 3 is 2.86 bits per heavy atom. The summed E-state index contributed by atoms with van der Waals surface area (Å²) in [5, 5.41) is 3.54. The number of aromatic nitrogens is 1. The number of hydrogen-bond acceptors (Lipinski definition) is 2. The van der Waals surface area contributed by atoms with Crippen molar-refractivity contribution in [2.24, 2.45) is 5.41 Å². The smallest absolute Gasteiger partial charge is 0.0570 e. The van der Waals surface area contributed by atoms with Crippen LogP contribution in [0.15, 0.2) is 18.3 Å². The van der Waals surface area contributed by atoms with Crippen LogP contribution in [0, 0.1) is 12.3 Å². The Morgan fingerprint density at radius 2 is 2.29 bits per heavy atom. The van der Waals surface area contributed by atoms with Gasteiger partial charge in [-0.1, -0.05) is 19.9 Å². The van der Waals surface area contributed by atoms with E-state index in [2.05, 4.69) is 37.1 Å². The van der Waals surface area contributed by atoms with E-state index in [9.17, 15) is 0 Å². The van der Waals surface area contributed by atoms with Crippen molar-refractivity contribution in [3.05, 3.63) is 29.6 Å². The van der Waals surface area contributed by atoms with Crippen molar-refractivity contribution in [2.45, 2.75) is 39.8 Å². The third kappa shape index (κ3) is 1.95. The van der Waals surface area contributed by atoms with Gasteiger partial charge < -0.3 is 5.32 Å². The highest BCUT2D eigenvalue weighted by molar-refractivity contribution is 5.18. The van der Waals surface area contributed by atoms with Gasteiger partial charge in [-0.15, -0.1) is 0 Å². The van der Waals surface area contributed by atoms with Gasteiger partial charge in [0.2, 0.25) is 0 Å². The average Bonchev–Trinajstić information content (AvgIpc) is 2.73. The van der Waals surface area contributed by atoms with Crippen LogP contribution in [0.3, 0.4) is 0 Å². The topological polar surface area (TPSA) is 24.9 Å². The zero-order valence-electron chi connectivity index (χ0n) is 9.17. The Balaban J connectivity index is 1.90. The summed E-state index contributed by atoms with van der Waals surface area (Å²) in [4.78, 5) is 4.36. The number of nitrogens with zero attached hydrogens (tertiary/aromatic N) is 1. The number of rotatable bonds is 3. The van der Waals surface area contributed by atoms with Gasteiger partial charge in [-0.25, -0.2) is 0 Å². The van der Waals surface area contributed by atoms with Gasteiger partial charge in [-0.3, -0.25) is 4.98 Å². The lowest BCUT2D eigenvalue weighted by Crippen LogP contribution is -2.21. The molecule has 1 unspecified atom stereocenters. The molecule has 1 aromatic rings. The van der Waals surface area contributed by atoms with Crippen LogP contribution in [0.4, 0.5) is 0 Å². The molecule has 0 radical (unpaired) electrons. The zero-order chi connectivity index (χ0) is 10.2. The van der Waals surface area contributed by atoms with Gasteiger partial charge in [0, 0.05) is 18.8 Å². The molecule has 1 aromatic heterocycles. The fourth-order valence-electron chi connectivity index (χ4n) is 1.74. The first-order valence-electron chi connectivity index (χ1n) is 5.23. The average molecular weight is 190 g/mol. The van der Waals surface area contributed by atoms with E-state index in [1.807, 2.05) is 12.3 Å². The second kappa shape index (κ2) is 3.35. The van der Waals surface area contributed by atoms with E-state index in [4.69, 9.17) is 0 Å². The molecule has 0 saturated heterocycles. The van der Waals surface area contributed by atoms with Gasteiger partial charge in [-0.2, -0.15) is 0 Å². The molecule has 1 N–H and O–H groups in total. The third-order valence-corrected chi connectivity index (χ3v) is 3.15. The summed E-state index contributed by atoms with van der Waals surface area (Å²) in [7, 11) is 0. The molecule has 2 nitrogen and oxygen atoms in total. The van der Waals surface area contributed by atoms with E-state index >= 15 is 0 Å². The largest absolute Gasteiger partial charge is 0.308 e. The Bertz CT molecular complexity index is 331. The second-order valence-electron chi connectivity index (χ2n) is 4.89. The summed E-state index contributed by atoms with van der Waals surface area (Å²) >= 11 is 0. The molecule has 1 saturated carbocycles. The highest BCUT2D eigenvalue weighted by Gasteiger charge is 2.45. The quantitative estimate of drug-likeness (QED) is 0.791. The zero-order valence-corrected chi connectivity index (χ0v) is 9.17. The molecule has 1 aliphatic rings.